The highest BCUT2D eigenvalue weighted by Gasteiger charge is 2.33. The monoisotopic (exact) mass is 599 g/mol. The van der Waals surface area contributed by atoms with Crippen LogP contribution in [-0.2, 0) is 26.2 Å². The van der Waals surface area contributed by atoms with Crippen molar-refractivity contribution in [3.63, 3.8) is 0 Å². The van der Waals surface area contributed by atoms with Crippen molar-refractivity contribution in [2.75, 3.05) is 31.6 Å². The Morgan fingerprint density at radius 2 is 1.57 bits per heavy atom. The zero-order valence-corrected chi connectivity index (χ0v) is 25.6. The molecule has 11 heteroatoms. The summed E-state index contributed by atoms with van der Waals surface area (Å²) in [5.41, 5.74) is 1.33. The number of carbonyl (C=O) groups excluding carboxylic acids is 2. The standard InChI is InChI=1S/C31H38FN3O6S/c1-21(2)18-33-31(37)23(4)34(19-24-9-7-8-10-27(24)32)30(36)20-35(25-13-11-22(3)12-14-25)42(38,39)26-15-16-28(40-5)29(17-26)41-6/h7-17,21,23H,18-20H2,1-6H3,(H,33,37). The number of benzene rings is 3. The molecule has 0 bridgehead atoms. The largest absolute Gasteiger partial charge is 0.493 e. The lowest BCUT2D eigenvalue weighted by atomic mass is 10.1. The van der Waals surface area contributed by atoms with E-state index in [1.54, 1.807) is 30.3 Å². The van der Waals surface area contributed by atoms with E-state index in [4.69, 9.17) is 9.47 Å². The van der Waals surface area contributed by atoms with Crippen LogP contribution < -0.4 is 19.1 Å². The van der Waals surface area contributed by atoms with Gasteiger partial charge in [0.1, 0.15) is 18.4 Å². The van der Waals surface area contributed by atoms with Gasteiger partial charge in [0, 0.05) is 24.7 Å². The molecule has 0 aliphatic carbocycles. The summed E-state index contributed by atoms with van der Waals surface area (Å²) in [6.07, 6.45) is 0. The van der Waals surface area contributed by atoms with Gasteiger partial charge in [0.2, 0.25) is 11.8 Å². The van der Waals surface area contributed by atoms with Crippen LogP contribution >= 0.6 is 0 Å². The number of hydrogen-bond acceptors (Lipinski definition) is 6. The van der Waals surface area contributed by atoms with Crippen LogP contribution in [0.3, 0.4) is 0 Å². The number of anilines is 1. The van der Waals surface area contributed by atoms with E-state index in [1.165, 1.54) is 62.4 Å². The Balaban J connectivity index is 2.06. The second kappa shape index (κ2) is 14.2. The summed E-state index contributed by atoms with van der Waals surface area (Å²) in [5, 5.41) is 2.80. The molecule has 3 rings (SSSR count). The number of sulfonamides is 1. The normalized spacial score (nSPS) is 12.0. The van der Waals surface area contributed by atoms with Crippen molar-refractivity contribution in [1.29, 1.82) is 0 Å². The minimum Gasteiger partial charge on any atom is -0.493 e. The number of carbonyl (C=O) groups is 2. The Morgan fingerprint density at radius 3 is 2.17 bits per heavy atom. The van der Waals surface area contributed by atoms with Crippen molar-refractivity contribution < 1.29 is 31.9 Å². The van der Waals surface area contributed by atoms with Crippen molar-refractivity contribution in [2.24, 2.45) is 5.92 Å². The van der Waals surface area contributed by atoms with Crippen LogP contribution in [0.15, 0.2) is 71.6 Å². The molecule has 1 unspecified atom stereocenters. The highest BCUT2D eigenvalue weighted by Crippen LogP contribution is 2.32. The molecule has 0 spiro atoms. The first kappa shape index (κ1) is 32.4. The first-order valence-corrected chi connectivity index (χ1v) is 14.9. The molecule has 0 aliphatic heterocycles. The Kier molecular flexibility index (Phi) is 10.9. The fourth-order valence-electron chi connectivity index (χ4n) is 4.19. The third kappa shape index (κ3) is 7.79. The number of methoxy groups -OCH3 is 2. The van der Waals surface area contributed by atoms with E-state index in [9.17, 15) is 22.4 Å². The number of nitrogens with one attached hydrogen (secondary N) is 1. The predicted molar refractivity (Wildman–Crippen MR) is 160 cm³/mol. The van der Waals surface area contributed by atoms with E-state index in [1.807, 2.05) is 20.8 Å². The lowest BCUT2D eigenvalue weighted by Crippen LogP contribution is -2.51. The van der Waals surface area contributed by atoms with Crippen LogP contribution in [0, 0.1) is 18.7 Å². The topological polar surface area (TPSA) is 105 Å². The maximum absolute atomic E-state index is 14.7. The van der Waals surface area contributed by atoms with Crippen molar-refractivity contribution in [3.05, 3.63) is 83.7 Å². The molecule has 0 aliphatic rings. The molecule has 1 atom stereocenters. The predicted octanol–water partition coefficient (Wildman–Crippen LogP) is 4.54. The molecule has 3 aromatic rings. The first-order valence-electron chi connectivity index (χ1n) is 13.5. The SMILES string of the molecule is COc1ccc(S(=O)(=O)N(CC(=O)N(Cc2ccccc2F)C(C)C(=O)NCC(C)C)c2ccc(C)cc2)cc1OC. The summed E-state index contributed by atoms with van der Waals surface area (Å²) in [7, 11) is -1.50. The quantitative estimate of drug-likeness (QED) is 0.310. The summed E-state index contributed by atoms with van der Waals surface area (Å²) >= 11 is 0. The molecule has 3 aromatic carbocycles. The van der Waals surface area contributed by atoms with Gasteiger partial charge < -0.3 is 19.7 Å². The van der Waals surface area contributed by atoms with Crippen LogP contribution in [0.5, 0.6) is 11.5 Å². The fourth-order valence-corrected chi connectivity index (χ4v) is 5.62. The molecule has 2 amide bonds. The third-order valence-corrected chi connectivity index (χ3v) is 8.46. The van der Waals surface area contributed by atoms with Gasteiger partial charge >= 0.3 is 0 Å². The molecule has 226 valence electrons. The van der Waals surface area contributed by atoms with Crippen molar-refractivity contribution in [1.82, 2.24) is 10.2 Å². The van der Waals surface area contributed by atoms with Crippen molar-refractivity contribution in [2.45, 2.75) is 45.2 Å². The van der Waals surface area contributed by atoms with Crippen LogP contribution in [-0.4, -0.2) is 58.5 Å². The van der Waals surface area contributed by atoms with Gasteiger partial charge in [0.05, 0.1) is 24.8 Å². The summed E-state index contributed by atoms with van der Waals surface area (Å²) in [5.74, 6) is -0.954. The summed E-state index contributed by atoms with van der Waals surface area (Å²) in [6.45, 7) is 6.77. The van der Waals surface area contributed by atoms with E-state index in [2.05, 4.69) is 5.32 Å². The number of ether oxygens (including phenoxy) is 2. The summed E-state index contributed by atoms with van der Waals surface area (Å²) < 4.78 is 54.3. The molecule has 0 fully saturated rings. The molecule has 0 saturated carbocycles. The Labute approximate surface area is 247 Å². The highest BCUT2D eigenvalue weighted by atomic mass is 32.2. The van der Waals surface area contributed by atoms with Gasteiger partial charge in [-0.2, -0.15) is 0 Å². The Morgan fingerprint density at radius 1 is 0.929 bits per heavy atom. The first-order chi connectivity index (χ1) is 19.9. The number of nitrogens with zero attached hydrogens (tertiary/aromatic N) is 2. The zero-order chi connectivity index (χ0) is 31.0. The molecule has 1 N–H and O–H groups in total. The molecule has 0 radical (unpaired) electrons. The smallest absolute Gasteiger partial charge is 0.264 e. The van der Waals surface area contributed by atoms with E-state index < -0.39 is 40.2 Å². The van der Waals surface area contributed by atoms with Gasteiger partial charge in [-0.25, -0.2) is 12.8 Å². The van der Waals surface area contributed by atoms with Crippen molar-refractivity contribution >= 4 is 27.5 Å². The summed E-state index contributed by atoms with van der Waals surface area (Å²) in [4.78, 5) is 28.1. The van der Waals surface area contributed by atoms with Gasteiger partial charge in [0.15, 0.2) is 11.5 Å². The molecule has 42 heavy (non-hydrogen) atoms. The number of hydrogen-bond donors (Lipinski definition) is 1. The molecular weight excluding hydrogens is 561 g/mol. The average molecular weight is 600 g/mol. The van der Waals surface area contributed by atoms with Crippen LogP contribution in [0.4, 0.5) is 10.1 Å². The highest BCUT2D eigenvalue weighted by molar-refractivity contribution is 7.92. The van der Waals surface area contributed by atoms with E-state index in [-0.39, 0.29) is 34.4 Å². The van der Waals surface area contributed by atoms with Gasteiger partial charge in [-0.3, -0.25) is 13.9 Å². The number of amides is 2. The number of aryl methyl sites for hydroxylation is 1. The van der Waals surface area contributed by atoms with Gasteiger partial charge in [0.25, 0.3) is 10.0 Å². The molecule has 9 nitrogen and oxygen atoms in total. The number of rotatable bonds is 13. The van der Waals surface area contributed by atoms with E-state index in [0.717, 1.165) is 9.87 Å². The van der Waals surface area contributed by atoms with Crippen LogP contribution in [0.25, 0.3) is 0 Å². The maximum atomic E-state index is 14.7. The summed E-state index contributed by atoms with van der Waals surface area (Å²) in [6, 6.07) is 15.7. The molecular formula is C31H38FN3O6S. The third-order valence-electron chi connectivity index (χ3n) is 6.69. The zero-order valence-electron chi connectivity index (χ0n) is 24.8. The second-order valence-electron chi connectivity index (χ2n) is 10.3. The molecule has 0 heterocycles. The van der Waals surface area contributed by atoms with Crippen molar-refractivity contribution in [3.8, 4) is 11.5 Å². The van der Waals surface area contributed by atoms with Gasteiger partial charge in [-0.05, 0) is 50.1 Å². The molecule has 0 saturated heterocycles. The Bertz CT molecular complexity index is 1490. The van der Waals surface area contributed by atoms with Gasteiger partial charge in [-0.1, -0.05) is 49.7 Å². The van der Waals surface area contributed by atoms with Gasteiger partial charge in [-0.15, -0.1) is 0 Å². The second-order valence-corrected chi connectivity index (χ2v) is 12.2. The Hall–Kier alpha value is -4.12. The molecule has 0 aromatic heterocycles. The fraction of sp³-hybridized carbons (Fsp3) is 0.355. The lowest BCUT2D eigenvalue weighted by Gasteiger charge is -2.32. The van der Waals surface area contributed by atoms with Crippen LogP contribution in [0.1, 0.15) is 31.9 Å². The van der Waals surface area contributed by atoms with Crippen LogP contribution in [0.2, 0.25) is 0 Å². The maximum Gasteiger partial charge on any atom is 0.264 e. The average Bonchev–Trinajstić information content (AvgIpc) is 2.97. The van der Waals surface area contributed by atoms with E-state index in [0.29, 0.717) is 12.3 Å². The van der Waals surface area contributed by atoms with E-state index >= 15 is 0 Å². The number of halogens is 1. The lowest BCUT2D eigenvalue weighted by molar-refractivity contribution is -0.139. The minimum absolute atomic E-state index is 0.128. The minimum atomic E-state index is -4.33.